The van der Waals surface area contributed by atoms with E-state index in [1.165, 1.54) is 70.2 Å². The SMILES string of the molecule is c1ccc2c(c1)-c1cc(-c3cccc4c3sc3ccccc34)ccc1-c1ccccc1-c1c-2ccc2nccnc12. The molecule has 41 heavy (non-hydrogen) atoms. The molecule has 1 aliphatic rings. The minimum absolute atomic E-state index is 0.908. The molecule has 2 aromatic heterocycles. The van der Waals surface area contributed by atoms with E-state index in [0.717, 1.165) is 16.6 Å². The fourth-order valence-corrected chi connectivity index (χ4v) is 7.80. The molecule has 0 bridgehead atoms. The third-order valence-corrected chi connectivity index (χ3v) is 9.59. The number of hydrogen-bond donors (Lipinski definition) is 0. The molecular formula is C38H22N2S. The standard InChI is InChI=1S/C38H22N2S/c1-2-10-27-25(8-1)31-18-19-34-37(40-21-20-39-34)36(31)30-12-4-3-9-26(30)28-17-16-23(22-33(27)28)24-13-7-14-32-29-11-5-6-15-35(29)41-38(24)32/h1-22H. The topological polar surface area (TPSA) is 25.8 Å². The first-order valence-electron chi connectivity index (χ1n) is 13.8. The Morgan fingerprint density at radius 2 is 1.07 bits per heavy atom. The summed E-state index contributed by atoms with van der Waals surface area (Å²) in [6.45, 7) is 0. The zero-order valence-corrected chi connectivity index (χ0v) is 22.8. The highest BCUT2D eigenvalue weighted by molar-refractivity contribution is 7.26. The molecule has 190 valence electrons. The number of fused-ring (bicyclic) bond motifs is 13. The Bertz CT molecular complexity index is 2320. The molecule has 1 aliphatic carbocycles. The van der Waals surface area contributed by atoms with E-state index in [2.05, 4.69) is 126 Å². The molecule has 9 rings (SSSR count). The van der Waals surface area contributed by atoms with Gasteiger partial charge in [0, 0.05) is 38.1 Å². The first-order chi connectivity index (χ1) is 20.3. The van der Waals surface area contributed by atoms with E-state index >= 15 is 0 Å². The van der Waals surface area contributed by atoms with Crippen LogP contribution in [0.5, 0.6) is 0 Å². The zero-order chi connectivity index (χ0) is 26.9. The van der Waals surface area contributed by atoms with Gasteiger partial charge < -0.3 is 0 Å². The van der Waals surface area contributed by atoms with Gasteiger partial charge in [0.05, 0.1) is 11.0 Å². The summed E-state index contributed by atoms with van der Waals surface area (Å²) < 4.78 is 2.66. The van der Waals surface area contributed by atoms with Gasteiger partial charge in [0.2, 0.25) is 0 Å². The van der Waals surface area contributed by atoms with Crippen molar-refractivity contribution in [1.29, 1.82) is 0 Å². The largest absolute Gasteiger partial charge is 0.253 e. The molecule has 0 radical (unpaired) electrons. The van der Waals surface area contributed by atoms with E-state index in [4.69, 9.17) is 4.98 Å². The highest BCUT2D eigenvalue weighted by Crippen LogP contribution is 2.50. The van der Waals surface area contributed by atoms with Crippen LogP contribution in [0.2, 0.25) is 0 Å². The Hall–Kier alpha value is -5.12. The monoisotopic (exact) mass is 538 g/mol. The predicted molar refractivity (Wildman–Crippen MR) is 173 cm³/mol. The Morgan fingerprint density at radius 3 is 1.95 bits per heavy atom. The van der Waals surface area contributed by atoms with Crippen molar-refractivity contribution in [3.63, 3.8) is 0 Å². The van der Waals surface area contributed by atoms with E-state index in [-0.39, 0.29) is 0 Å². The maximum atomic E-state index is 4.83. The number of rotatable bonds is 1. The summed E-state index contributed by atoms with van der Waals surface area (Å²) in [5, 5.41) is 2.65. The quantitative estimate of drug-likeness (QED) is 0.208. The second-order valence-electron chi connectivity index (χ2n) is 10.5. The van der Waals surface area contributed by atoms with Crippen LogP contribution < -0.4 is 0 Å². The highest BCUT2D eigenvalue weighted by atomic mass is 32.1. The van der Waals surface area contributed by atoms with E-state index in [1.807, 2.05) is 11.3 Å². The summed E-state index contributed by atoms with van der Waals surface area (Å²) in [7, 11) is 0. The molecule has 3 heteroatoms. The fraction of sp³-hybridized carbons (Fsp3) is 0. The van der Waals surface area contributed by atoms with Crippen molar-refractivity contribution >= 4 is 42.5 Å². The maximum absolute atomic E-state index is 4.83. The van der Waals surface area contributed by atoms with Crippen molar-refractivity contribution in [3.05, 3.63) is 134 Å². The van der Waals surface area contributed by atoms with Gasteiger partial charge in [-0.05, 0) is 68.3 Å². The summed E-state index contributed by atoms with van der Waals surface area (Å²) in [5.74, 6) is 0. The lowest BCUT2D eigenvalue weighted by Gasteiger charge is -2.24. The lowest BCUT2D eigenvalue weighted by Crippen LogP contribution is -1.99. The van der Waals surface area contributed by atoms with Gasteiger partial charge in [-0.15, -0.1) is 11.3 Å². The molecule has 0 fully saturated rings. The number of thiophene rings is 1. The average Bonchev–Trinajstić information content (AvgIpc) is 3.42. The summed E-state index contributed by atoms with van der Waals surface area (Å²) in [5.41, 5.74) is 14.0. The van der Waals surface area contributed by atoms with Crippen LogP contribution in [0.15, 0.2) is 134 Å². The van der Waals surface area contributed by atoms with E-state index < -0.39 is 0 Å². The second kappa shape index (κ2) is 8.69. The lowest BCUT2D eigenvalue weighted by atomic mass is 9.79. The van der Waals surface area contributed by atoms with Gasteiger partial charge in [-0.25, -0.2) is 0 Å². The van der Waals surface area contributed by atoms with Crippen molar-refractivity contribution in [3.8, 4) is 55.6 Å². The van der Waals surface area contributed by atoms with Crippen LogP contribution in [0.4, 0.5) is 0 Å². The second-order valence-corrected chi connectivity index (χ2v) is 11.6. The normalized spacial score (nSPS) is 11.9. The van der Waals surface area contributed by atoms with E-state index in [0.29, 0.717) is 0 Å². The first kappa shape index (κ1) is 22.7. The van der Waals surface area contributed by atoms with Crippen LogP contribution >= 0.6 is 11.3 Å². The summed E-state index contributed by atoms with van der Waals surface area (Å²) in [4.78, 5) is 9.47. The van der Waals surface area contributed by atoms with Gasteiger partial charge in [0.1, 0.15) is 0 Å². The van der Waals surface area contributed by atoms with Gasteiger partial charge in [-0.2, -0.15) is 0 Å². The van der Waals surface area contributed by atoms with Gasteiger partial charge in [-0.1, -0.05) is 103 Å². The van der Waals surface area contributed by atoms with Crippen molar-refractivity contribution in [2.24, 2.45) is 0 Å². The third-order valence-electron chi connectivity index (χ3n) is 8.37. The Kier molecular flexibility index (Phi) is 4.80. The molecule has 8 aromatic rings. The molecule has 0 amide bonds. The smallest absolute Gasteiger partial charge is 0.0971 e. The maximum Gasteiger partial charge on any atom is 0.0971 e. The minimum Gasteiger partial charge on any atom is -0.253 e. The number of hydrogen-bond acceptors (Lipinski definition) is 3. The van der Waals surface area contributed by atoms with E-state index in [9.17, 15) is 0 Å². The van der Waals surface area contributed by atoms with Crippen molar-refractivity contribution in [2.45, 2.75) is 0 Å². The van der Waals surface area contributed by atoms with Crippen LogP contribution in [0, 0.1) is 0 Å². The Balaban J connectivity index is 1.37. The number of benzene rings is 6. The van der Waals surface area contributed by atoms with Crippen LogP contribution in [0.25, 0.3) is 86.8 Å². The molecule has 0 aliphatic heterocycles. The molecule has 0 unspecified atom stereocenters. The first-order valence-corrected chi connectivity index (χ1v) is 14.6. The molecule has 0 atom stereocenters. The molecule has 0 saturated carbocycles. The Labute approximate surface area is 241 Å². The highest BCUT2D eigenvalue weighted by Gasteiger charge is 2.24. The summed E-state index contributed by atoms with van der Waals surface area (Å²) in [6, 6.07) is 44.3. The third kappa shape index (κ3) is 3.30. The lowest BCUT2D eigenvalue weighted by molar-refractivity contribution is 1.29. The van der Waals surface area contributed by atoms with Crippen LogP contribution in [-0.2, 0) is 0 Å². The van der Waals surface area contributed by atoms with E-state index in [1.54, 1.807) is 12.4 Å². The van der Waals surface area contributed by atoms with Crippen LogP contribution in [0.1, 0.15) is 0 Å². The van der Waals surface area contributed by atoms with Crippen LogP contribution in [-0.4, -0.2) is 9.97 Å². The van der Waals surface area contributed by atoms with Crippen molar-refractivity contribution in [1.82, 2.24) is 9.97 Å². The Morgan fingerprint density at radius 1 is 0.439 bits per heavy atom. The molecule has 0 saturated heterocycles. The number of aromatic nitrogens is 2. The van der Waals surface area contributed by atoms with Gasteiger partial charge in [0.15, 0.2) is 0 Å². The minimum atomic E-state index is 0.908. The molecule has 2 nitrogen and oxygen atoms in total. The average molecular weight is 539 g/mol. The van der Waals surface area contributed by atoms with Crippen molar-refractivity contribution in [2.75, 3.05) is 0 Å². The molecule has 0 spiro atoms. The molecule has 6 aromatic carbocycles. The fourth-order valence-electron chi connectivity index (χ4n) is 6.57. The van der Waals surface area contributed by atoms with Gasteiger partial charge in [-0.3, -0.25) is 9.97 Å². The summed E-state index contributed by atoms with van der Waals surface area (Å²) in [6.07, 6.45) is 3.57. The van der Waals surface area contributed by atoms with Crippen LogP contribution in [0.3, 0.4) is 0 Å². The molecular weight excluding hydrogens is 516 g/mol. The summed E-state index contributed by atoms with van der Waals surface area (Å²) >= 11 is 1.88. The van der Waals surface area contributed by atoms with Gasteiger partial charge >= 0.3 is 0 Å². The molecule has 2 heterocycles. The predicted octanol–water partition coefficient (Wildman–Crippen LogP) is 10.6. The zero-order valence-electron chi connectivity index (χ0n) is 22.0. The van der Waals surface area contributed by atoms with Crippen molar-refractivity contribution < 1.29 is 0 Å². The van der Waals surface area contributed by atoms with Gasteiger partial charge in [0.25, 0.3) is 0 Å². The molecule has 0 N–H and O–H groups in total. The number of nitrogens with zero attached hydrogens (tertiary/aromatic N) is 2.